The summed E-state index contributed by atoms with van der Waals surface area (Å²) in [7, 11) is 1.61. The van der Waals surface area contributed by atoms with E-state index in [2.05, 4.69) is 14.9 Å². The van der Waals surface area contributed by atoms with Gasteiger partial charge in [0.1, 0.15) is 23.2 Å². The van der Waals surface area contributed by atoms with Crippen LogP contribution in [-0.2, 0) is 0 Å². The van der Waals surface area contributed by atoms with E-state index < -0.39 is 0 Å². The zero-order chi connectivity index (χ0) is 19.5. The monoisotopic (exact) mass is 377 g/mol. The van der Waals surface area contributed by atoms with Crippen molar-refractivity contribution in [2.45, 2.75) is 6.92 Å². The molecule has 1 fully saturated rings. The molecule has 28 heavy (non-hydrogen) atoms. The first-order chi connectivity index (χ1) is 13.6. The number of amides is 1. The number of ether oxygens (including phenoxy) is 1. The minimum absolute atomic E-state index is 0.0328. The number of aromatic nitrogens is 3. The van der Waals surface area contributed by atoms with Gasteiger partial charge in [0, 0.05) is 50.2 Å². The van der Waals surface area contributed by atoms with E-state index in [1.165, 1.54) is 0 Å². The van der Waals surface area contributed by atoms with Gasteiger partial charge in [0.2, 0.25) is 0 Å². The average Bonchev–Trinajstić information content (AvgIpc) is 3.28. The number of rotatable bonds is 4. The van der Waals surface area contributed by atoms with Crippen molar-refractivity contribution in [1.29, 1.82) is 0 Å². The van der Waals surface area contributed by atoms with Crippen LogP contribution in [0.5, 0.6) is 5.75 Å². The fraction of sp³-hybridized carbons (Fsp3) is 0.286. The first-order valence-corrected chi connectivity index (χ1v) is 9.31. The van der Waals surface area contributed by atoms with Crippen LogP contribution in [0.25, 0.3) is 5.82 Å². The summed E-state index contributed by atoms with van der Waals surface area (Å²) in [6, 6.07) is 13.2. The number of hydrogen-bond donors (Lipinski definition) is 0. The molecule has 3 heterocycles. The number of benzene rings is 1. The third kappa shape index (κ3) is 3.69. The minimum atomic E-state index is 0.0328. The minimum Gasteiger partial charge on any atom is -0.497 e. The highest BCUT2D eigenvalue weighted by Gasteiger charge is 2.23. The molecule has 0 unspecified atom stereocenters. The van der Waals surface area contributed by atoms with Crippen molar-refractivity contribution in [2.75, 3.05) is 38.2 Å². The second-order valence-corrected chi connectivity index (χ2v) is 6.73. The second kappa shape index (κ2) is 7.72. The van der Waals surface area contributed by atoms with Crippen LogP contribution >= 0.6 is 0 Å². The van der Waals surface area contributed by atoms with E-state index in [1.807, 2.05) is 65.2 Å². The van der Waals surface area contributed by atoms with Crippen LogP contribution in [0.15, 0.2) is 54.9 Å². The summed E-state index contributed by atoms with van der Waals surface area (Å²) in [5, 5.41) is 0. The molecule has 4 rings (SSSR count). The average molecular weight is 377 g/mol. The highest BCUT2D eigenvalue weighted by atomic mass is 16.5. The zero-order valence-corrected chi connectivity index (χ0v) is 16.1. The third-order valence-corrected chi connectivity index (χ3v) is 4.89. The Kier molecular flexibility index (Phi) is 4.97. The Morgan fingerprint density at radius 2 is 1.68 bits per heavy atom. The van der Waals surface area contributed by atoms with Gasteiger partial charge in [0.05, 0.1) is 7.11 Å². The summed E-state index contributed by atoms with van der Waals surface area (Å²) in [4.78, 5) is 26.0. The zero-order valence-electron chi connectivity index (χ0n) is 16.1. The Bertz CT molecular complexity index is 963. The fourth-order valence-corrected chi connectivity index (χ4v) is 3.40. The molecule has 2 aromatic heterocycles. The number of nitrogens with zero attached hydrogens (tertiary/aromatic N) is 5. The highest BCUT2D eigenvalue weighted by Crippen LogP contribution is 2.19. The van der Waals surface area contributed by atoms with Crippen molar-refractivity contribution < 1.29 is 9.53 Å². The van der Waals surface area contributed by atoms with Crippen molar-refractivity contribution >= 4 is 11.7 Å². The fourth-order valence-electron chi connectivity index (χ4n) is 3.40. The Labute approximate surface area is 164 Å². The van der Waals surface area contributed by atoms with Gasteiger partial charge in [-0.05, 0) is 37.3 Å². The van der Waals surface area contributed by atoms with E-state index in [1.54, 1.807) is 13.2 Å². The largest absolute Gasteiger partial charge is 0.497 e. The van der Waals surface area contributed by atoms with Crippen LogP contribution in [0.2, 0.25) is 0 Å². The lowest BCUT2D eigenvalue weighted by molar-refractivity contribution is 0.0746. The summed E-state index contributed by atoms with van der Waals surface area (Å²) < 4.78 is 7.20. The molecule has 3 aromatic rings. The van der Waals surface area contributed by atoms with Gasteiger partial charge in [-0.1, -0.05) is 6.07 Å². The number of methoxy groups -OCH3 is 1. The van der Waals surface area contributed by atoms with Gasteiger partial charge in [0.25, 0.3) is 5.91 Å². The number of carbonyl (C=O) groups excluding carboxylic acids is 1. The molecule has 0 atom stereocenters. The van der Waals surface area contributed by atoms with Crippen molar-refractivity contribution in [3.8, 4) is 11.6 Å². The number of anilines is 1. The standard InChI is InChI=1S/C21H23N5O2/c1-16-22-19(24-8-3-4-9-24)15-20(23-16)25-10-12-26(13-11-25)21(27)17-6-5-7-18(14-17)28-2/h3-9,14-15H,10-13H2,1-2H3. The maximum absolute atomic E-state index is 12.8. The van der Waals surface area contributed by atoms with Gasteiger partial charge < -0.3 is 19.1 Å². The Balaban J connectivity index is 1.46. The lowest BCUT2D eigenvalue weighted by Crippen LogP contribution is -2.49. The SMILES string of the molecule is COc1cccc(C(=O)N2CCN(c3cc(-n4cccc4)nc(C)n3)CC2)c1. The van der Waals surface area contributed by atoms with E-state index in [0.717, 1.165) is 30.5 Å². The third-order valence-electron chi connectivity index (χ3n) is 4.89. The lowest BCUT2D eigenvalue weighted by atomic mass is 10.1. The topological polar surface area (TPSA) is 63.5 Å². The van der Waals surface area contributed by atoms with Gasteiger partial charge in [-0.3, -0.25) is 4.79 Å². The molecule has 7 nitrogen and oxygen atoms in total. The summed E-state index contributed by atoms with van der Waals surface area (Å²) in [6.07, 6.45) is 3.94. The summed E-state index contributed by atoms with van der Waals surface area (Å²) in [5.74, 6) is 3.20. The second-order valence-electron chi connectivity index (χ2n) is 6.73. The van der Waals surface area contributed by atoms with E-state index in [9.17, 15) is 4.79 Å². The first-order valence-electron chi connectivity index (χ1n) is 9.31. The predicted octanol–water partition coefficient (Wildman–Crippen LogP) is 2.55. The molecular weight excluding hydrogens is 354 g/mol. The summed E-state index contributed by atoms with van der Waals surface area (Å²) >= 11 is 0. The van der Waals surface area contributed by atoms with Gasteiger partial charge >= 0.3 is 0 Å². The molecule has 144 valence electrons. The molecule has 1 saturated heterocycles. The molecule has 0 aliphatic carbocycles. The molecular formula is C21H23N5O2. The van der Waals surface area contributed by atoms with Gasteiger partial charge in [-0.2, -0.15) is 0 Å². The van der Waals surface area contributed by atoms with E-state index in [-0.39, 0.29) is 5.91 Å². The van der Waals surface area contributed by atoms with Gasteiger partial charge in [-0.25, -0.2) is 9.97 Å². The van der Waals surface area contributed by atoms with Crippen LogP contribution < -0.4 is 9.64 Å². The van der Waals surface area contributed by atoms with Crippen molar-refractivity contribution in [3.05, 3.63) is 66.2 Å². The van der Waals surface area contributed by atoms with Crippen molar-refractivity contribution in [2.24, 2.45) is 0 Å². The molecule has 0 bridgehead atoms. The molecule has 1 aliphatic rings. The molecule has 1 aliphatic heterocycles. The Morgan fingerprint density at radius 3 is 2.39 bits per heavy atom. The number of aryl methyl sites for hydroxylation is 1. The molecule has 1 aromatic carbocycles. The molecule has 0 spiro atoms. The summed E-state index contributed by atoms with van der Waals surface area (Å²) in [6.45, 7) is 4.67. The van der Waals surface area contributed by atoms with Crippen LogP contribution in [0.3, 0.4) is 0 Å². The smallest absolute Gasteiger partial charge is 0.254 e. The number of carbonyl (C=O) groups is 1. The van der Waals surface area contributed by atoms with Crippen LogP contribution in [0.4, 0.5) is 5.82 Å². The van der Waals surface area contributed by atoms with Crippen LogP contribution in [0, 0.1) is 6.92 Å². The molecule has 7 heteroatoms. The summed E-state index contributed by atoms with van der Waals surface area (Å²) in [5.41, 5.74) is 0.653. The van der Waals surface area contributed by atoms with E-state index >= 15 is 0 Å². The van der Waals surface area contributed by atoms with Gasteiger partial charge in [-0.15, -0.1) is 0 Å². The first kappa shape index (κ1) is 18.0. The van der Waals surface area contributed by atoms with Crippen molar-refractivity contribution in [1.82, 2.24) is 19.4 Å². The van der Waals surface area contributed by atoms with Crippen LogP contribution in [-0.4, -0.2) is 58.6 Å². The Hall–Kier alpha value is -3.35. The molecule has 0 radical (unpaired) electrons. The predicted molar refractivity (Wildman–Crippen MR) is 107 cm³/mol. The van der Waals surface area contributed by atoms with E-state index in [4.69, 9.17) is 4.74 Å². The lowest BCUT2D eigenvalue weighted by Gasteiger charge is -2.35. The van der Waals surface area contributed by atoms with Crippen molar-refractivity contribution in [3.63, 3.8) is 0 Å². The number of piperazine rings is 1. The molecule has 1 amide bonds. The highest BCUT2D eigenvalue weighted by molar-refractivity contribution is 5.94. The maximum atomic E-state index is 12.8. The Morgan fingerprint density at radius 1 is 0.964 bits per heavy atom. The molecule has 0 N–H and O–H groups in total. The van der Waals surface area contributed by atoms with Crippen LogP contribution in [0.1, 0.15) is 16.2 Å². The normalized spacial score (nSPS) is 14.2. The maximum Gasteiger partial charge on any atom is 0.254 e. The van der Waals surface area contributed by atoms with E-state index in [0.29, 0.717) is 24.4 Å². The number of hydrogen-bond acceptors (Lipinski definition) is 5. The quantitative estimate of drug-likeness (QED) is 0.699. The van der Waals surface area contributed by atoms with Gasteiger partial charge in [0.15, 0.2) is 0 Å². The molecule has 0 saturated carbocycles.